The van der Waals surface area contributed by atoms with Crippen molar-refractivity contribution in [2.45, 2.75) is 18.8 Å². The summed E-state index contributed by atoms with van der Waals surface area (Å²) in [5, 5.41) is 0.845. The molecular formula is C12H12N2S. The number of anilines is 1. The molecule has 0 spiro atoms. The number of rotatable bonds is 2. The van der Waals surface area contributed by atoms with Crippen LogP contribution in [0.2, 0.25) is 0 Å². The smallest absolute Gasteiger partial charge is 0.0863 e. The Kier molecular flexibility index (Phi) is 1.99. The fourth-order valence-corrected chi connectivity index (χ4v) is 2.45. The second kappa shape index (κ2) is 3.35. The van der Waals surface area contributed by atoms with E-state index < -0.39 is 0 Å². The first-order valence-corrected chi connectivity index (χ1v) is 5.96. The lowest BCUT2D eigenvalue weighted by atomic mass is 10.2. The van der Waals surface area contributed by atoms with Gasteiger partial charge >= 0.3 is 0 Å². The number of hydrogen-bond acceptors (Lipinski definition) is 3. The van der Waals surface area contributed by atoms with Crippen molar-refractivity contribution in [3.05, 3.63) is 36.0 Å². The maximum Gasteiger partial charge on any atom is 0.0863 e. The molecule has 2 aromatic rings. The second-order valence-electron chi connectivity index (χ2n) is 3.95. The third kappa shape index (κ3) is 1.75. The van der Waals surface area contributed by atoms with E-state index in [2.05, 4.69) is 17.1 Å². The molecule has 0 amide bonds. The molecule has 3 rings (SSSR count). The first-order valence-electron chi connectivity index (χ1n) is 5.14. The lowest BCUT2D eigenvalue weighted by Gasteiger charge is -1.99. The van der Waals surface area contributed by atoms with Gasteiger partial charge in [-0.25, -0.2) is 0 Å². The van der Waals surface area contributed by atoms with Crippen molar-refractivity contribution >= 4 is 16.3 Å². The Labute approximate surface area is 92.8 Å². The van der Waals surface area contributed by atoms with Gasteiger partial charge in [0.05, 0.1) is 15.6 Å². The number of aromatic nitrogens is 1. The van der Waals surface area contributed by atoms with Crippen LogP contribution in [0.4, 0.5) is 5.00 Å². The van der Waals surface area contributed by atoms with E-state index in [1.54, 1.807) is 11.3 Å². The van der Waals surface area contributed by atoms with Crippen molar-refractivity contribution in [3.8, 4) is 10.6 Å². The van der Waals surface area contributed by atoms with Crippen molar-refractivity contribution in [3.63, 3.8) is 0 Å². The highest BCUT2D eigenvalue weighted by atomic mass is 32.1. The molecule has 0 atom stereocenters. The molecule has 1 aliphatic rings. The van der Waals surface area contributed by atoms with Crippen molar-refractivity contribution in [2.24, 2.45) is 0 Å². The van der Waals surface area contributed by atoms with Gasteiger partial charge in [0.15, 0.2) is 0 Å². The summed E-state index contributed by atoms with van der Waals surface area (Å²) in [6, 6.07) is 8.24. The van der Waals surface area contributed by atoms with Gasteiger partial charge in [-0.1, -0.05) is 6.07 Å². The van der Waals surface area contributed by atoms with Gasteiger partial charge in [0.2, 0.25) is 0 Å². The Morgan fingerprint density at radius 1 is 1.20 bits per heavy atom. The summed E-state index contributed by atoms with van der Waals surface area (Å²) in [6.45, 7) is 0. The number of pyridine rings is 1. The summed E-state index contributed by atoms with van der Waals surface area (Å²) < 4.78 is 0. The lowest BCUT2D eigenvalue weighted by Crippen LogP contribution is -1.84. The molecule has 1 aliphatic carbocycles. The molecule has 0 bridgehead atoms. The van der Waals surface area contributed by atoms with E-state index in [4.69, 9.17) is 5.73 Å². The van der Waals surface area contributed by atoms with Crippen LogP contribution in [0.15, 0.2) is 30.5 Å². The van der Waals surface area contributed by atoms with Gasteiger partial charge in [-0.15, -0.1) is 11.3 Å². The number of hydrogen-bond donors (Lipinski definition) is 1. The summed E-state index contributed by atoms with van der Waals surface area (Å²) in [7, 11) is 0. The fraction of sp³-hybridized carbons (Fsp3) is 0.250. The fourth-order valence-electron chi connectivity index (χ4n) is 1.70. The van der Waals surface area contributed by atoms with Crippen molar-refractivity contribution in [1.82, 2.24) is 4.98 Å². The molecular weight excluding hydrogens is 204 g/mol. The van der Waals surface area contributed by atoms with Crippen LogP contribution in [0.3, 0.4) is 0 Å². The molecule has 15 heavy (non-hydrogen) atoms. The highest BCUT2D eigenvalue weighted by Gasteiger charge is 2.23. The molecule has 0 saturated heterocycles. The molecule has 2 heterocycles. The topological polar surface area (TPSA) is 38.9 Å². The largest absolute Gasteiger partial charge is 0.391 e. The van der Waals surface area contributed by atoms with Crippen LogP contribution < -0.4 is 5.73 Å². The van der Waals surface area contributed by atoms with Crippen molar-refractivity contribution in [2.75, 3.05) is 5.73 Å². The molecule has 0 aromatic carbocycles. The summed E-state index contributed by atoms with van der Waals surface area (Å²) in [5.74, 6) is 0.778. The number of nitrogen functional groups attached to an aromatic ring is 1. The predicted octanol–water partition coefficient (Wildman–Crippen LogP) is 3.27. The zero-order valence-corrected chi connectivity index (χ0v) is 9.13. The molecule has 3 heteroatoms. The Hall–Kier alpha value is -1.35. The number of nitrogens with two attached hydrogens (primary N) is 1. The molecule has 0 unspecified atom stereocenters. The Morgan fingerprint density at radius 3 is 2.60 bits per heavy atom. The van der Waals surface area contributed by atoms with E-state index in [-0.39, 0.29) is 0 Å². The third-order valence-electron chi connectivity index (χ3n) is 2.71. The maximum absolute atomic E-state index is 5.69. The zero-order valence-electron chi connectivity index (χ0n) is 8.31. The van der Waals surface area contributed by atoms with E-state index >= 15 is 0 Å². The van der Waals surface area contributed by atoms with E-state index in [1.807, 2.05) is 18.3 Å². The minimum absolute atomic E-state index is 0.778. The lowest BCUT2D eigenvalue weighted by molar-refractivity contribution is 1.10. The van der Waals surface area contributed by atoms with Gasteiger partial charge in [-0.3, -0.25) is 4.98 Å². The Morgan fingerprint density at radius 2 is 2.07 bits per heavy atom. The van der Waals surface area contributed by atoms with Crippen LogP contribution >= 0.6 is 11.3 Å². The Bertz CT molecular complexity index is 469. The molecule has 76 valence electrons. The molecule has 1 fully saturated rings. The number of nitrogens with zero attached hydrogens (tertiary/aromatic N) is 1. The molecule has 2 N–H and O–H groups in total. The van der Waals surface area contributed by atoms with Gasteiger partial charge in [0.25, 0.3) is 0 Å². The number of thiophene rings is 1. The van der Waals surface area contributed by atoms with E-state index in [0.29, 0.717) is 0 Å². The van der Waals surface area contributed by atoms with Crippen LogP contribution in [-0.4, -0.2) is 4.98 Å². The quantitative estimate of drug-likeness (QED) is 0.836. The third-order valence-corrected chi connectivity index (χ3v) is 3.65. The first-order chi connectivity index (χ1) is 7.33. The second-order valence-corrected chi connectivity index (χ2v) is 5.07. The Balaban J connectivity index is 1.92. The SMILES string of the molecule is Nc1ccc(-c2ccc(C3CC3)cn2)s1. The van der Waals surface area contributed by atoms with Crippen LogP contribution in [0.25, 0.3) is 10.6 Å². The first kappa shape index (κ1) is 8.92. The highest BCUT2D eigenvalue weighted by molar-refractivity contribution is 7.19. The van der Waals surface area contributed by atoms with Gasteiger partial charge in [0.1, 0.15) is 0 Å². The van der Waals surface area contributed by atoms with Crippen LogP contribution in [0.1, 0.15) is 24.3 Å². The van der Waals surface area contributed by atoms with Crippen LogP contribution in [0, 0.1) is 0 Å². The van der Waals surface area contributed by atoms with Crippen LogP contribution in [-0.2, 0) is 0 Å². The van der Waals surface area contributed by atoms with Gasteiger partial charge in [-0.2, -0.15) is 0 Å². The predicted molar refractivity (Wildman–Crippen MR) is 63.9 cm³/mol. The summed E-state index contributed by atoms with van der Waals surface area (Å²) >= 11 is 1.59. The van der Waals surface area contributed by atoms with Crippen LogP contribution in [0.5, 0.6) is 0 Å². The summed E-state index contributed by atoms with van der Waals surface area (Å²) in [6.07, 6.45) is 4.66. The summed E-state index contributed by atoms with van der Waals surface area (Å²) in [4.78, 5) is 5.63. The standard InChI is InChI=1S/C12H12N2S/c13-12-6-5-11(15-12)10-4-3-9(7-14-10)8-1-2-8/h3-8H,1-2,13H2. The molecule has 2 nitrogen and oxygen atoms in total. The minimum atomic E-state index is 0.778. The average molecular weight is 216 g/mol. The zero-order chi connectivity index (χ0) is 10.3. The van der Waals surface area contributed by atoms with Crippen molar-refractivity contribution < 1.29 is 0 Å². The molecule has 1 saturated carbocycles. The van der Waals surface area contributed by atoms with Gasteiger partial charge < -0.3 is 5.73 Å². The molecule has 0 aliphatic heterocycles. The van der Waals surface area contributed by atoms with Gasteiger partial charge in [0, 0.05) is 6.20 Å². The van der Waals surface area contributed by atoms with Gasteiger partial charge in [-0.05, 0) is 42.5 Å². The average Bonchev–Trinajstić information content (AvgIpc) is 3.02. The molecule has 2 aromatic heterocycles. The minimum Gasteiger partial charge on any atom is -0.391 e. The van der Waals surface area contributed by atoms with Crippen molar-refractivity contribution in [1.29, 1.82) is 0 Å². The van der Waals surface area contributed by atoms with E-state index in [0.717, 1.165) is 21.5 Å². The van der Waals surface area contributed by atoms with E-state index in [9.17, 15) is 0 Å². The van der Waals surface area contributed by atoms with E-state index in [1.165, 1.54) is 18.4 Å². The monoisotopic (exact) mass is 216 g/mol. The normalized spacial score (nSPS) is 15.5. The summed E-state index contributed by atoms with van der Waals surface area (Å²) in [5.41, 5.74) is 8.10. The molecule has 0 radical (unpaired) electrons. The maximum atomic E-state index is 5.69. The highest BCUT2D eigenvalue weighted by Crippen LogP contribution is 2.40.